The van der Waals surface area contributed by atoms with Gasteiger partial charge >= 0.3 is 0 Å². The van der Waals surface area contributed by atoms with E-state index in [4.69, 9.17) is 16.3 Å². The number of sulfonamides is 1. The van der Waals surface area contributed by atoms with Gasteiger partial charge in [0.25, 0.3) is 10.0 Å². The number of rotatable bonds is 11. The fourth-order valence-electron chi connectivity index (χ4n) is 4.99. The van der Waals surface area contributed by atoms with Crippen molar-refractivity contribution in [1.29, 1.82) is 0 Å². The summed E-state index contributed by atoms with van der Waals surface area (Å²) in [4.78, 5) is 28.9. The molecule has 1 atom stereocenters. The van der Waals surface area contributed by atoms with Crippen molar-refractivity contribution in [2.75, 3.05) is 18.0 Å². The number of nitrogens with one attached hydrogen (secondary N) is 1. The molecule has 0 bridgehead atoms. The van der Waals surface area contributed by atoms with Crippen molar-refractivity contribution in [2.45, 2.75) is 63.1 Å². The Kier molecular flexibility index (Phi) is 9.94. The van der Waals surface area contributed by atoms with Gasteiger partial charge in [-0.1, -0.05) is 66.4 Å². The van der Waals surface area contributed by atoms with Crippen molar-refractivity contribution in [2.24, 2.45) is 0 Å². The molecule has 4 rings (SSSR count). The number of hydrogen-bond donors (Lipinski definition) is 1. The molecule has 1 fully saturated rings. The van der Waals surface area contributed by atoms with Crippen LogP contribution >= 0.6 is 11.6 Å². The molecule has 0 aliphatic heterocycles. The molecule has 3 aromatic rings. The lowest BCUT2D eigenvalue weighted by atomic mass is 10.1. The second-order valence-corrected chi connectivity index (χ2v) is 12.6. The first-order valence-electron chi connectivity index (χ1n) is 13.7. The summed E-state index contributed by atoms with van der Waals surface area (Å²) in [5.74, 6) is -0.525. The Balaban J connectivity index is 1.71. The summed E-state index contributed by atoms with van der Waals surface area (Å²) in [6.45, 7) is 3.06. The van der Waals surface area contributed by atoms with Gasteiger partial charge in [0.05, 0.1) is 17.7 Å². The second-order valence-electron chi connectivity index (χ2n) is 10.3. The average Bonchev–Trinajstić information content (AvgIpc) is 3.47. The zero-order chi connectivity index (χ0) is 29.6. The predicted octanol–water partition coefficient (Wildman–Crippen LogP) is 5.33. The zero-order valence-electron chi connectivity index (χ0n) is 23.5. The van der Waals surface area contributed by atoms with E-state index in [0.29, 0.717) is 10.8 Å². The summed E-state index contributed by atoms with van der Waals surface area (Å²) in [7, 11) is -2.75. The molecule has 0 aromatic heterocycles. The maximum absolute atomic E-state index is 14.1. The number of hydrogen-bond acceptors (Lipinski definition) is 5. The number of aryl methyl sites for hydroxylation is 1. The third-order valence-corrected chi connectivity index (χ3v) is 9.36. The van der Waals surface area contributed by atoms with Gasteiger partial charge in [0.2, 0.25) is 11.8 Å². The minimum Gasteiger partial charge on any atom is -0.495 e. The van der Waals surface area contributed by atoms with Gasteiger partial charge in [-0.05, 0) is 68.7 Å². The third kappa shape index (κ3) is 7.40. The number of para-hydroxylation sites is 2. The molecule has 0 saturated heterocycles. The van der Waals surface area contributed by atoms with Gasteiger partial charge in [-0.2, -0.15) is 0 Å². The standard InChI is InChI=1S/C31H36ClN3O5S/c1-22-15-17-27(18-16-22)41(38,39)35(28-13-6-7-14-29(28)40-3)21-30(36)34(20-24-9-8-10-25(32)19-24)23(2)31(37)33-26-11-4-5-12-26/h6-10,13-19,23,26H,4-5,11-12,20-21H2,1-3H3,(H,33,37)/t23-/m0/s1. The molecule has 2 amide bonds. The van der Waals surface area contributed by atoms with Crippen LogP contribution in [0.3, 0.4) is 0 Å². The number of benzene rings is 3. The fourth-order valence-corrected chi connectivity index (χ4v) is 6.63. The SMILES string of the molecule is COc1ccccc1N(CC(=O)N(Cc1cccc(Cl)c1)[C@@H](C)C(=O)NC1CCCC1)S(=O)(=O)c1ccc(C)cc1. The predicted molar refractivity (Wildman–Crippen MR) is 161 cm³/mol. The number of halogens is 1. The van der Waals surface area contributed by atoms with Crippen molar-refractivity contribution >= 4 is 39.1 Å². The summed E-state index contributed by atoms with van der Waals surface area (Å²) in [5.41, 5.74) is 1.84. The lowest BCUT2D eigenvalue weighted by Crippen LogP contribution is -2.52. The molecule has 8 nitrogen and oxygen atoms in total. The van der Waals surface area contributed by atoms with Crippen LogP contribution in [0.1, 0.15) is 43.7 Å². The highest BCUT2D eigenvalue weighted by atomic mass is 35.5. The molecule has 218 valence electrons. The summed E-state index contributed by atoms with van der Waals surface area (Å²) >= 11 is 6.22. The van der Waals surface area contributed by atoms with Crippen molar-refractivity contribution in [3.05, 3.63) is 88.9 Å². The maximum atomic E-state index is 14.1. The quantitative estimate of drug-likeness (QED) is 0.322. The van der Waals surface area contributed by atoms with E-state index in [2.05, 4.69) is 5.32 Å². The number of carbonyl (C=O) groups is 2. The van der Waals surface area contributed by atoms with Crippen LogP contribution in [0.5, 0.6) is 5.75 Å². The topological polar surface area (TPSA) is 96.0 Å². The third-order valence-electron chi connectivity index (χ3n) is 7.35. The van der Waals surface area contributed by atoms with Crippen LogP contribution in [-0.4, -0.2) is 50.9 Å². The smallest absolute Gasteiger partial charge is 0.264 e. The van der Waals surface area contributed by atoms with Crippen LogP contribution in [0.2, 0.25) is 5.02 Å². The normalized spacial score (nSPS) is 14.3. The van der Waals surface area contributed by atoms with Crippen LogP contribution in [0.25, 0.3) is 0 Å². The first kappa shape index (κ1) is 30.4. The number of nitrogens with zero attached hydrogens (tertiary/aromatic N) is 2. The van der Waals surface area contributed by atoms with Crippen LogP contribution in [0.15, 0.2) is 77.7 Å². The molecule has 1 aliphatic carbocycles. The van der Waals surface area contributed by atoms with E-state index in [-0.39, 0.29) is 29.1 Å². The highest BCUT2D eigenvalue weighted by molar-refractivity contribution is 7.92. The Morgan fingerprint density at radius 2 is 1.71 bits per heavy atom. The molecular formula is C31H36ClN3O5S. The maximum Gasteiger partial charge on any atom is 0.264 e. The van der Waals surface area contributed by atoms with Crippen LogP contribution in [0, 0.1) is 6.92 Å². The van der Waals surface area contributed by atoms with Gasteiger partial charge in [-0.25, -0.2) is 8.42 Å². The van der Waals surface area contributed by atoms with E-state index in [0.717, 1.165) is 41.1 Å². The first-order chi connectivity index (χ1) is 19.6. The van der Waals surface area contributed by atoms with E-state index in [1.807, 2.05) is 13.0 Å². The van der Waals surface area contributed by atoms with E-state index >= 15 is 0 Å². The van der Waals surface area contributed by atoms with E-state index in [9.17, 15) is 18.0 Å². The molecule has 3 aromatic carbocycles. The molecule has 0 unspecified atom stereocenters. The molecule has 1 N–H and O–H groups in total. The van der Waals surface area contributed by atoms with Gasteiger partial charge < -0.3 is 15.0 Å². The molecule has 0 radical (unpaired) electrons. The van der Waals surface area contributed by atoms with Crippen molar-refractivity contribution < 1.29 is 22.7 Å². The van der Waals surface area contributed by atoms with Gasteiger partial charge in [0, 0.05) is 17.6 Å². The van der Waals surface area contributed by atoms with Crippen molar-refractivity contribution in [1.82, 2.24) is 10.2 Å². The monoisotopic (exact) mass is 597 g/mol. The zero-order valence-corrected chi connectivity index (χ0v) is 25.1. The number of amides is 2. The summed E-state index contributed by atoms with van der Waals surface area (Å²) in [6.07, 6.45) is 3.90. The summed E-state index contributed by atoms with van der Waals surface area (Å²) in [6, 6.07) is 19.3. The Bertz CT molecular complexity index is 1470. The molecule has 0 spiro atoms. The Hall–Kier alpha value is -3.56. The number of ether oxygens (including phenoxy) is 1. The van der Waals surface area contributed by atoms with Gasteiger partial charge in [-0.3, -0.25) is 13.9 Å². The van der Waals surface area contributed by atoms with Crippen LogP contribution in [0.4, 0.5) is 5.69 Å². The molecule has 0 heterocycles. The van der Waals surface area contributed by atoms with Crippen molar-refractivity contribution in [3.63, 3.8) is 0 Å². The van der Waals surface area contributed by atoms with Gasteiger partial charge in [0.1, 0.15) is 18.3 Å². The molecule has 1 saturated carbocycles. The minimum atomic E-state index is -4.19. The molecular weight excluding hydrogens is 562 g/mol. The molecule has 10 heteroatoms. The number of methoxy groups -OCH3 is 1. The van der Waals surface area contributed by atoms with Crippen LogP contribution in [-0.2, 0) is 26.2 Å². The second kappa shape index (κ2) is 13.4. The van der Waals surface area contributed by atoms with Crippen LogP contribution < -0.4 is 14.4 Å². The molecule has 1 aliphatic rings. The lowest BCUT2D eigenvalue weighted by molar-refractivity contribution is -0.139. The Morgan fingerprint density at radius 3 is 2.37 bits per heavy atom. The van der Waals surface area contributed by atoms with E-state index in [1.165, 1.54) is 24.1 Å². The lowest BCUT2D eigenvalue weighted by Gasteiger charge is -2.33. The molecule has 41 heavy (non-hydrogen) atoms. The first-order valence-corrected chi connectivity index (χ1v) is 15.5. The Morgan fingerprint density at radius 1 is 1.02 bits per heavy atom. The summed E-state index contributed by atoms with van der Waals surface area (Å²) in [5, 5.41) is 3.56. The van der Waals surface area contributed by atoms with E-state index in [1.54, 1.807) is 61.5 Å². The number of anilines is 1. The van der Waals surface area contributed by atoms with Gasteiger partial charge in [-0.15, -0.1) is 0 Å². The van der Waals surface area contributed by atoms with Crippen molar-refractivity contribution in [3.8, 4) is 5.75 Å². The van der Waals surface area contributed by atoms with E-state index < -0.39 is 28.5 Å². The average molecular weight is 598 g/mol. The van der Waals surface area contributed by atoms with Gasteiger partial charge in [0.15, 0.2) is 0 Å². The number of carbonyl (C=O) groups excluding carboxylic acids is 2. The highest BCUT2D eigenvalue weighted by Crippen LogP contribution is 2.32. The largest absolute Gasteiger partial charge is 0.495 e. The fraction of sp³-hybridized carbons (Fsp3) is 0.355. The Labute approximate surface area is 247 Å². The summed E-state index contributed by atoms with van der Waals surface area (Å²) < 4.78 is 34.5. The highest BCUT2D eigenvalue weighted by Gasteiger charge is 2.34. The minimum absolute atomic E-state index is 0.0372.